The fourth-order valence-electron chi connectivity index (χ4n) is 2.25. The summed E-state index contributed by atoms with van der Waals surface area (Å²) in [6.07, 6.45) is 2.29. The number of hydrogen-bond acceptors (Lipinski definition) is 1. The zero-order valence-electron chi connectivity index (χ0n) is 11.5. The van der Waals surface area contributed by atoms with Crippen molar-refractivity contribution in [1.82, 2.24) is 5.32 Å². The third kappa shape index (κ3) is 5.73. The van der Waals surface area contributed by atoms with E-state index in [1.807, 2.05) is 6.07 Å². The molecule has 1 nitrogen and oxygen atoms in total. The van der Waals surface area contributed by atoms with Gasteiger partial charge in [-0.15, -0.1) is 0 Å². The molecule has 0 aliphatic carbocycles. The summed E-state index contributed by atoms with van der Waals surface area (Å²) in [7, 11) is 0. The van der Waals surface area contributed by atoms with E-state index in [2.05, 4.69) is 54.2 Å². The molecule has 0 radical (unpaired) electrons. The van der Waals surface area contributed by atoms with Gasteiger partial charge in [0.05, 0.1) is 0 Å². The Bertz CT molecular complexity index is 366. The minimum atomic E-state index is 0.656. The quantitative estimate of drug-likeness (QED) is 0.747. The normalized spacial score (nSPS) is 13.0. The Kier molecular flexibility index (Phi) is 7.28. The largest absolute Gasteiger partial charge is 0.317 e. The highest BCUT2D eigenvalue weighted by Crippen LogP contribution is 2.25. The van der Waals surface area contributed by atoms with Crippen LogP contribution in [-0.2, 0) is 6.42 Å². The summed E-state index contributed by atoms with van der Waals surface area (Å²) in [6, 6.07) is 6.18. The maximum atomic E-state index is 6.29. The first-order chi connectivity index (χ1) is 8.52. The van der Waals surface area contributed by atoms with Crippen molar-refractivity contribution in [2.45, 2.75) is 33.6 Å². The number of halogens is 2. The van der Waals surface area contributed by atoms with Crippen LogP contribution in [0.1, 0.15) is 32.8 Å². The lowest BCUT2D eigenvalue weighted by atomic mass is 9.91. The summed E-state index contributed by atoms with van der Waals surface area (Å²) in [5.41, 5.74) is 1.25. The molecule has 0 spiro atoms. The molecule has 1 aromatic rings. The van der Waals surface area contributed by atoms with Gasteiger partial charge in [-0.1, -0.05) is 54.4 Å². The molecule has 102 valence electrons. The van der Waals surface area contributed by atoms with Gasteiger partial charge in [0.15, 0.2) is 0 Å². The molecule has 1 N–H and O–H groups in total. The van der Waals surface area contributed by atoms with Crippen LogP contribution in [0.3, 0.4) is 0 Å². The number of nitrogens with one attached hydrogen (secondary N) is 1. The predicted octanol–water partition coefficient (Wildman–Crippen LogP) is 4.92. The van der Waals surface area contributed by atoms with E-state index in [4.69, 9.17) is 11.6 Å². The van der Waals surface area contributed by atoms with Crippen molar-refractivity contribution in [2.24, 2.45) is 11.8 Å². The van der Waals surface area contributed by atoms with Crippen LogP contribution in [0.5, 0.6) is 0 Å². The highest BCUT2D eigenvalue weighted by molar-refractivity contribution is 9.10. The average Bonchev–Trinajstić information content (AvgIpc) is 2.29. The molecule has 1 rings (SSSR count). The maximum Gasteiger partial charge on any atom is 0.0449 e. The Balaban J connectivity index is 2.68. The van der Waals surface area contributed by atoms with E-state index in [-0.39, 0.29) is 0 Å². The Hall–Kier alpha value is -0.0500. The molecule has 0 bridgehead atoms. The van der Waals surface area contributed by atoms with Gasteiger partial charge in [0.1, 0.15) is 0 Å². The molecule has 0 fully saturated rings. The molecular weight excluding hydrogens is 310 g/mol. The van der Waals surface area contributed by atoms with Crippen LogP contribution in [0.4, 0.5) is 0 Å². The zero-order chi connectivity index (χ0) is 13.5. The van der Waals surface area contributed by atoms with Crippen molar-refractivity contribution in [3.05, 3.63) is 33.3 Å². The summed E-state index contributed by atoms with van der Waals surface area (Å²) in [4.78, 5) is 0. The van der Waals surface area contributed by atoms with Crippen molar-refractivity contribution in [3.8, 4) is 0 Å². The zero-order valence-corrected chi connectivity index (χ0v) is 13.8. The monoisotopic (exact) mass is 331 g/mol. The van der Waals surface area contributed by atoms with Crippen molar-refractivity contribution in [1.29, 1.82) is 0 Å². The highest BCUT2D eigenvalue weighted by Gasteiger charge is 2.13. The van der Waals surface area contributed by atoms with Crippen molar-refractivity contribution < 1.29 is 0 Å². The lowest BCUT2D eigenvalue weighted by molar-refractivity contribution is 0.388. The van der Waals surface area contributed by atoms with E-state index in [0.717, 1.165) is 34.9 Å². The molecule has 0 heterocycles. The van der Waals surface area contributed by atoms with Crippen LogP contribution >= 0.6 is 27.5 Å². The Morgan fingerprint density at radius 2 is 2.06 bits per heavy atom. The standard InChI is InChI=1S/C15H23BrClN/c1-4-18-10-12(7-11(2)3)8-13-5-6-14(16)9-15(13)17/h5-6,9,11-12,18H,4,7-8,10H2,1-3H3. The molecule has 3 heteroatoms. The first kappa shape index (κ1) is 16.0. The SMILES string of the molecule is CCNCC(Cc1ccc(Br)cc1Cl)CC(C)C. The van der Waals surface area contributed by atoms with Crippen LogP contribution < -0.4 is 5.32 Å². The third-order valence-corrected chi connectivity index (χ3v) is 3.86. The van der Waals surface area contributed by atoms with Gasteiger partial charge >= 0.3 is 0 Å². The first-order valence-electron chi connectivity index (χ1n) is 6.67. The molecule has 0 saturated carbocycles. The molecular formula is C15H23BrClN. The fraction of sp³-hybridized carbons (Fsp3) is 0.600. The van der Waals surface area contributed by atoms with E-state index in [9.17, 15) is 0 Å². The Morgan fingerprint density at radius 3 is 2.61 bits per heavy atom. The molecule has 1 atom stereocenters. The second-order valence-corrected chi connectivity index (χ2v) is 6.57. The van der Waals surface area contributed by atoms with Gasteiger partial charge in [-0.05, 0) is 55.5 Å². The van der Waals surface area contributed by atoms with Crippen molar-refractivity contribution in [3.63, 3.8) is 0 Å². The summed E-state index contributed by atoms with van der Waals surface area (Å²) in [5, 5.41) is 4.32. The Morgan fingerprint density at radius 1 is 1.33 bits per heavy atom. The molecule has 1 unspecified atom stereocenters. The molecule has 18 heavy (non-hydrogen) atoms. The molecule has 0 amide bonds. The second kappa shape index (κ2) is 8.19. The molecule has 0 aliphatic heterocycles. The van der Waals surface area contributed by atoms with Gasteiger partial charge in [-0.25, -0.2) is 0 Å². The lowest BCUT2D eigenvalue weighted by Crippen LogP contribution is -2.25. The lowest BCUT2D eigenvalue weighted by Gasteiger charge is -2.20. The van der Waals surface area contributed by atoms with Gasteiger partial charge in [-0.3, -0.25) is 0 Å². The van der Waals surface area contributed by atoms with E-state index < -0.39 is 0 Å². The smallest absolute Gasteiger partial charge is 0.0449 e. The summed E-state index contributed by atoms with van der Waals surface area (Å²) in [6.45, 7) is 8.81. The molecule has 1 aromatic carbocycles. The third-order valence-electron chi connectivity index (χ3n) is 3.01. The number of benzene rings is 1. The summed E-state index contributed by atoms with van der Waals surface area (Å²) >= 11 is 9.74. The maximum absolute atomic E-state index is 6.29. The van der Waals surface area contributed by atoms with Crippen LogP contribution in [-0.4, -0.2) is 13.1 Å². The number of hydrogen-bond donors (Lipinski definition) is 1. The van der Waals surface area contributed by atoms with Crippen LogP contribution in [0, 0.1) is 11.8 Å². The molecule has 0 aromatic heterocycles. The summed E-state index contributed by atoms with van der Waals surface area (Å²) < 4.78 is 1.04. The molecule has 0 saturated heterocycles. The summed E-state index contributed by atoms with van der Waals surface area (Å²) in [5.74, 6) is 1.38. The van der Waals surface area contributed by atoms with Crippen LogP contribution in [0.2, 0.25) is 5.02 Å². The van der Waals surface area contributed by atoms with Gasteiger partial charge in [-0.2, -0.15) is 0 Å². The van der Waals surface area contributed by atoms with Gasteiger partial charge in [0, 0.05) is 9.50 Å². The van der Waals surface area contributed by atoms with E-state index >= 15 is 0 Å². The highest BCUT2D eigenvalue weighted by atomic mass is 79.9. The minimum absolute atomic E-state index is 0.656. The first-order valence-corrected chi connectivity index (χ1v) is 7.84. The number of rotatable bonds is 7. The van der Waals surface area contributed by atoms with Gasteiger partial charge in [0.25, 0.3) is 0 Å². The van der Waals surface area contributed by atoms with Gasteiger partial charge in [0.2, 0.25) is 0 Å². The Labute approximate surface area is 124 Å². The van der Waals surface area contributed by atoms with Crippen molar-refractivity contribution >= 4 is 27.5 Å². The van der Waals surface area contributed by atoms with Gasteiger partial charge < -0.3 is 5.32 Å². The predicted molar refractivity (Wildman–Crippen MR) is 84.3 cm³/mol. The second-order valence-electron chi connectivity index (χ2n) is 5.24. The van der Waals surface area contributed by atoms with Crippen LogP contribution in [0.25, 0.3) is 0 Å². The minimum Gasteiger partial charge on any atom is -0.317 e. The molecule has 0 aliphatic rings. The van der Waals surface area contributed by atoms with Crippen LogP contribution in [0.15, 0.2) is 22.7 Å². The van der Waals surface area contributed by atoms with E-state index in [0.29, 0.717) is 5.92 Å². The average molecular weight is 333 g/mol. The topological polar surface area (TPSA) is 12.0 Å². The van der Waals surface area contributed by atoms with Crippen molar-refractivity contribution in [2.75, 3.05) is 13.1 Å². The van der Waals surface area contributed by atoms with E-state index in [1.165, 1.54) is 12.0 Å². The van der Waals surface area contributed by atoms with E-state index in [1.54, 1.807) is 0 Å². The fourth-order valence-corrected chi connectivity index (χ4v) is 3.00.